The maximum atomic E-state index is 12.9. The van der Waals surface area contributed by atoms with Gasteiger partial charge in [-0.3, -0.25) is 4.98 Å². The number of halogens is 2. The Kier molecular flexibility index (Phi) is 5.71. The second-order valence-electron chi connectivity index (χ2n) is 4.37. The predicted molar refractivity (Wildman–Crippen MR) is 65.0 cm³/mol. The molecule has 90 valence electrons. The minimum atomic E-state index is -0.300. The van der Waals surface area contributed by atoms with E-state index in [-0.39, 0.29) is 11.9 Å². The van der Waals surface area contributed by atoms with Crippen LogP contribution in [0.2, 0.25) is 0 Å². The molecule has 0 bridgehead atoms. The highest BCUT2D eigenvalue weighted by molar-refractivity contribution is 6.18. The number of alkyl halides is 1. The van der Waals surface area contributed by atoms with Gasteiger partial charge >= 0.3 is 0 Å². The zero-order valence-electron chi connectivity index (χ0n) is 9.71. The second kappa shape index (κ2) is 6.81. The molecule has 1 aromatic heterocycles. The summed E-state index contributed by atoms with van der Waals surface area (Å²) >= 11 is 5.86. The lowest BCUT2D eigenvalue weighted by molar-refractivity contribution is 0.444. The highest BCUT2D eigenvalue weighted by Gasteiger charge is 2.09. The van der Waals surface area contributed by atoms with E-state index in [4.69, 9.17) is 11.6 Å². The number of rotatable bonds is 6. The van der Waals surface area contributed by atoms with Gasteiger partial charge in [0.05, 0.1) is 6.20 Å². The van der Waals surface area contributed by atoms with Crippen molar-refractivity contribution in [1.82, 2.24) is 10.3 Å². The molecule has 0 spiro atoms. The topological polar surface area (TPSA) is 24.9 Å². The summed E-state index contributed by atoms with van der Waals surface area (Å²) in [7, 11) is 0. The fraction of sp³-hybridized carbons (Fsp3) is 0.583. The van der Waals surface area contributed by atoms with E-state index >= 15 is 0 Å². The van der Waals surface area contributed by atoms with E-state index in [1.165, 1.54) is 12.3 Å². The van der Waals surface area contributed by atoms with Crippen LogP contribution in [-0.2, 0) is 6.54 Å². The molecule has 0 amide bonds. The first-order valence-corrected chi connectivity index (χ1v) is 6.04. The molecule has 1 rings (SSSR count). The van der Waals surface area contributed by atoms with Gasteiger partial charge < -0.3 is 5.32 Å². The van der Waals surface area contributed by atoms with Crippen LogP contribution in [-0.4, -0.2) is 16.9 Å². The lowest BCUT2D eigenvalue weighted by Crippen LogP contribution is -2.31. The van der Waals surface area contributed by atoms with E-state index < -0.39 is 0 Å². The highest BCUT2D eigenvalue weighted by Crippen LogP contribution is 2.08. The third-order valence-corrected chi connectivity index (χ3v) is 2.67. The number of aromatic nitrogens is 1. The standard InChI is InChI=1S/C12H18ClFN2/c1-9(2)3-12(5-13)16-7-10-4-11(14)8-15-6-10/h4,6,8-9,12,16H,3,5,7H2,1-2H3. The quantitative estimate of drug-likeness (QED) is 0.779. The molecule has 2 nitrogen and oxygen atoms in total. The summed E-state index contributed by atoms with van der Waals surface area (Å²) in [6.07, 6.45) is 3.89. The fourth-order valence-corrected chi connectivity index (χ4v) is 1.82. The maximum Gasteiger partial charge on any atom is 0.141 e. The van der Waals surface area contributed by atoms with Gasteiger partial charge in [0.2, 0.25) is 0 Å². The van der Waals surface area contributed by atoms with Gasteiger partial charge in [-0.05, 0) is 24.0 Å². The first-order valence-electron chi connectivity index (χ1n) is 5.50. The molecule has 0 radical (unpaired) electrons. The van der Waals surface area contributed by atoms with Crippen molar-refractivity contribution >= 4 is 11.6 Å². The Labute approximate surface area is 101 Å². The minimum absolute atomic E-state index is 0.268. The van der Waals surface area contributed by atoms with E-state index in [1.807, 2.05) is 0 Å². The number of nitrogens with one attached hydrogen (secondary N) is 1. The monoisotopic (exact) mass is 244 g/mol. The Hall–Kier alpha value is -0.670. The van der Waals surface area contributed by atoms with Crippen LogP contribution in [0.4, 0.5) is 4.39 Å². The van der Waals surface area contributed by atoms with Crippen molar-refractivity contribution in [2.24, 2.45) is 5.92 Å². The van der Waals surface area contributed by atoms with Crippen LogP contribution in [0.15, 0.2) is 18.5 Å². The van der Waals surface area contributed by atoms with Crippen molar-refractivity contribution in [3.05, 3.63) is 29.8 Å². The summed E-state index contributed by atoms with van der Waals surface area (Å²) in [5.41, 5.74) is 0.846. The zero-order valence-corrected chi connectivity index (χ0v) is 10.5. The average molecular weight is 245 g/mol. The van der Waals surface area contributed by atoms with E-state index in [1.54, 1.807) is 6.20 Å². The molecule has 4 heteroatoms. The predicted octanol–water partition coefficient (Wildman–Crippen LogP) is 2.96. The van der Waals surface area contributed by atoms with Crippen LogP contribution in [0.5, 0.6) is 0 Å². The Balaban J connectivity index is 2.43. The summed E-state index contributed by atoms with van der Waals surface area (Å²) in [6.45, 7) is 4.92. The third-order valence-electron chi connectivity index (χ3n) is 2.30. The van der Waals surface area contributed by atoms with Crippen molar-refractivity contribution in [3.63, 3.8) is 0 Å². The highest BCUT2D eigenvalue weighted by atomic mass is 35.5. The van der Waals surface area contributed by atoms with Gasteiger partial charge in [0.1, 0.15) is 5.82 Å². The first kappa shape index (κ1) is 13.4. The summed E-state index contributed by atoms with van der Waals surface area (Å²) in [5, 5.41) is 3.31. The molecule has 1 unspecified atom stereocenters. The Morgan fingerprint density at radius 3 is 2.75 bits per heavy atom. The smallest absolute Gasteiger partial charge is 0.141 e. The summed E-state index contributed by atoms with van der Waals surface area (Å²) in [4.78, 5) is 3.80. The number of pyridine rings is 1. The molecular formula is C12H18ClFN2. The van der Waals surface area contributed by atoms with Crippen molar-refractivity contribution < 1.29 is 4.39 Å². The molecule has 1 heterocycles. The molecule has 16 heavy (non-hydrogen) atoms. The number of hydrogen-bond donors (Lipinski definition) is 1. The lowest BCUT2D eigenvalue weighted by Gasteiger charge is -2.17. The van der Waals surface area contributed by atoms with E-state index in [0.717, 1.165) is 12.0 Å². The van der Waals surface area contributed by atoms with Gasteiger partial charge in [0.25, 0.3) is 0 Å². The molecular weight excluding hydrogens is 227 g/mol. The summed E-state index contributed by atoms with van der Waals surface area (Å²) in [6, 6.07) is 1.76. The lowest BCUT2D eigenvalue weighted by atomic mass is 10.1. The number of nitrogens with zero attached hydrogens (tertiary/aromatic N) is 1. The summed E-state index contributed by atoms with van der Waals surface area (Å²) in [5.74, 6) is 0.869. The third kappa shape index (κ3) is 4.90. The van der Waals surface area contributed by atoms with Crippen LogP contribution in [0.3, 0.4) is 0 Å². The van der Waals surface area contributed by atoms with Gasteiger partial charge in [-0.2, -0.15) is 0 Å². The molecule has 1 atom stereocenters. The second-order valence-corrected chi connectivity index (χ2v) is 4.68. The molecule has 0 fully saturated rings. The number of hydrogen-bond acceptors (Lipinski definition) is 2. The zero-order chi connectivity index (χ0) is 12.0. The van der Waals surface area contributed by atoms with Crippen molar-refractivity contribution in [2.45, 2.75) is 32.9 Å². The normalized spacial score (nSPS) is 13.1. The molecule has 0 aliphatic carbocycles. The Bertz CT molecular complexity index is 318. The van der Waals surface area contributed by atoms with Crippen LogP contribution in [0.25, 0.3) is 0 Å². The van der Waals surface area contributed by atoms with Gasteiger partial charge in [-0.15, -0.1) is 11.6 Å². The minimum Gasteiger partial charge on any atom is -0.309 e. The maximum absolute atomic E-state index is 12.9. The van der Waals surface area contributed by atoms with E-state index in [9.17, 15) is 4.39 Å². The molecule has 1 N–H and O–H groups in total. The van der Waals surface area contributed by atoms with Crippen molar-refractivity contribution in [2.75, 3.05) is 5.88 Å². The van der Waals surface area contributed by atoms with Crippen LogP contribution in [0, 0.1) is 11.7 Å². The summed E-state index contributed by atoms with van der Waals surface area (Å²) < 4.78 is 12.9. The van der Waals surface area contributed by atoms with Gasteiger partial charge in [0.15, 0.2) is 0 Å². The van der Waals surface area contributed by atoms with Crippen LogP contribution < -0.4 is 5.32 Å². The Morgan fingerprint density at radius 1 is 1.44 bits per heavy atom. The van der Waals surface area contributed by atoms with E-state index in [2.05, 4.69) is 24.1 Å². The molecule has 0 aliphatic heterocycles. The van der Waals surface area contributed by atoms with Gasteiger partial charge in [-0.1, -0.05) is 13.8 Å². The van der Waals surface area contributed by atoms with Crippen LogP contribution in [0.1, 0.15) is 25.8 Å². The molecule has 0 saturated heterocycles. The van der Waals surface area contributed by atoms with Crippen LogP contribution >= 0.6 is 11.6 Å². The molecule has 0 saturated carbocycles. The SMILES string of the molecule is CC(C)CC(CCl)NCc1cncc(F)c1. The van der Waals surface area contributed by atoms with E-state index in [0.29, 0.717) is 18.3 Å². The molecule has 0 aromatic carbocycles. The molecule has 1 aromatic rings. The van der Waals surface area contributed by atoms with Gasteiger partial charge in [0, 0.05) is 24.7 Å². The van der Waals surface area contributed by atoms with Crippen molar-refractivity contribution in [3.8, 4) is 0 Å². The Morgan fingerprint density at radius 2 is 2.19 bits per heavy atom. The van der Waals surface area contributed by atoms with Crippen molar-refractivity contribution in [1.29, 1.82) is 0 Å². The molecule has 0 aliphatic rings. The fourth-order valence-electron chi connectivity index (χ4n) is 1.58. The van der Waals surface area contributed by atoms with Gasteiger partial charge in [-0.25, -0.2) is 4.39 Å². The largest absolute Gasteiger partial charge is 0.309 e. The average Bonchev–Trinajstić information content (AvgIpc) is 2.24. The first-order chi connectivity index (χ1) is 7.61.